The molecule has 3 N–H and O–H groups in total. The lowest BCUT2D eigenvalue weighted by atomic mass is 10.0. The fourth-order valence-electron chi connectivity index (χ4n) is 5.80. The van der Waals surface area contributed by atoms with E-state index in [0.717, 1.165) is 23.1 Å². The molecule has 48 heavy (non-hydrogen) atoms. The summed E-state index contributed by atoms with van der Waals surface area (Å²) in [4.78, 5) is 44.4. The zero-order chi connectivity index (χ0) is 34.7. The maximum absolute atomic E-state index is 13.6. The first-order chi connectivity index (χ1) is 22.8. The van der Waals surface area contributed by atoms with Gasteiger partial charge in [0, 0.05) is 28.0 Å². The number of fused-ring (bicyclic) bond motifs is 3. The normalized spacial score (nSPS) is 12.0. The minimum atomic E-state index is -1.51. The summed E-state index contributed by atoms with van der Waals surface area (Å²) in [5, 5.41) is 15.4. The van der Waals surface area contributed by atoms with E-state index in [-0.39, 0.29) is 28.9 Å². The van der Waals surface area contributed by atoms with Gasteiger partial charge in [0.05, 0.1) is 21.3 Å². The average Bonchev–Trinajstić information content (AvgIpc) is 3.42. The molecule has 1 aliphatic rings. The SMILES string of the molecule is COc1cc(C(=O)NC(=NC(=O)O)N(c2ccc(C)c(NC(=O)c3ccc4c(c3)Cc3ccccc3-4)c2)C(C)(C)C)cc(OC)c1OC. The molecular formula is C37H38N4O7. The maximum Gasteiger partial charge on any atom is 0.434 e. The Hall–Kier alpha value is -5.84. The molecule has 3 amide bonds. The minimum absolute atomic E-state index is 0.116. The largest absolute Gasteiger partial charge is 0.493 e. The first kappa shape index (κ1) is 33.5. The van der Waals surface area contributed by atoms with Gasteiger partial charge in [0.1, 0.15) is 0 Å². The summed E-state index contributed by atoms with van der Waals surface area (Å²) in [6.45, 7) is 7.39. The first-order valence-corrected chi connectivity index (χ1v) is 15.2. The van der Waals surface area contributed by atoms with Crippen molar-refractivity contribution in [2.75, 3.05) is 31.5 Å². The number of guanidine groups is 1. The molecule has 1 aliphatic carbocycles. The molecule has 5 rings (SSSR count). The third-order valence-corrected chi connectivity index (χ3v) is 8.02. The van der Waals surface area contributed by atoms with Crippen molar-refractivity contribution in [3.05, 3.63) is 101 Å². The third kappa shape index (κ3) is 6.80. The Labute approximate surface area is 279 Å². The van der Waals surface area contributed by atoms with Crippen LogP contribution < -0.4 is 29.7 Å². The number of benzene rings is 4. The van der Waals surface area contributed by atoms with Gasteiger partial charge in [-0.25, -0.2) is 4.79 Å². The molecule has 0 radical (unpaired) electrons. The lowest BCUT2D eigenvalue weighted by Crippen LogP contribution is -2.53. The van der Waals surface area contributed by atoms with Crippen LogP contribution in [0, 0.1) is 6.92 Å². The molecule has 4 aromatic carbocycles. The second-order valence-corrected chi connectivity index (χ2v) is 12.3. The number of amides is 3. The van der Waals surface area contributed by atoms with Crippen LogP contribution >= 0.6 is 0 Å². The lowest BCUT2D eigenvalue weighted by molar-refractivity contribution is 0.0974. The quantitative estimate of drug-likeness (QED) is 0.128. The van der Waals surface area contributed by atoms with E-state index in [0.29, 0.717) is 22.7 Å². The van der Waals surface area contributed by atoms with Crippen molar-refractivity contribution in [2.24, 2.45) is 4.99 Å². The van der Waals surface area contributed by atoms with Gasteiger partial charge in [-0.3, -0.25) is 14.9 Å². The maximum atomic E-state index is 13.6. The van der Waals surface area contributed by atoms with Crippen LogP contribution in [-0.2, 0) is 6.42 Å². The number of ether oxygens (including phenoxy) is 3. The van der Waals surface area contributed by atoms with E-state index in [1.165, 1.54) is 44.6 Å². The summed E-state index contributed by atoms with van der Waals surface area (Å²) in [5.74, 6) is -0.398. The van der Waals surface area contributed by atoms with Crippen molar-refractivity contribution < 1.29 is 33.7 Å². The predicted octanol–water partition coefficient (Wildman–Crippen LogP) is 6.91. The van der Waals surface area contributed by atoms with E-state index in [9.17, 15) is 19.5 Å². The van der Waals surface area contributed by atoms with Gasteiger partial charge >= 0.3 is 6.09 Å². The highest BCUT2D eigenvalue weighted by atomic mass is 16.5. The second kappa shape index (κ2) is 13.5. The van der Waals surface area contributed by atoms with Crippen molar-refractivity contribution in [1.82, 2.24) is 5.32 Å². The van der Waals surface area contributed by atoms with E-state index in [4.69, 9.17) is 14.2 Å². The molecule has 0 saturated carbocycles. The molecule has 0 bridgehead atoms. The van der Waals surface area contributed by atoms with E-state index in [2.05, 4.69) is 27.8 Å². The Morgan fingerprint density at radius 2 is 1.46 bits per heavy atom. The number of hydrogen-bond donors (Lipinski definition) is 3. The lowest BCUT2D eigenvalue weighted by Gasteiger charge is -2.38. The number of carboxylic acid groups (broad SMARTS) is 1. The van der Waals surface area contributed by atoms with E-state index >= 15 is 0 Å². The van der Waals surface area contributed by atoms with E-state index in [1.807, 2.05) is 64.1 Å². The van der Waals surface area contributed by atoms with Crippen LogP contribution in [-0.4, -0.2) is 55.8 Å². The number of methoxy groups -OCH3 is 3. The molecule has 0 unspecified atom stereocenters. The Morgan fingerprint density at radius 3 is 2.08 bits per heavy atom. The van der Waals surface area contributed by atoms with Crippen LogP contribution in [0.3, 0.4) is 0 Å². The molecular weight excluding hydrogens is 612 g/mol. The number of nitrogens with one attached hydrogen (secondary N) is 2. The van der Waals surface area contributed by atoms with Crippen molar-refractivity contribution in [3.63, 3.8) is 0 Å². The molecule has 248 valence electrons. The number of rotatable bonds is 7. The molecule has 11 heteroatoms. The van der Waals surface area contributed by atoms with Gasteiger partial charge in [0.25, 0.3) is 11.8 Å². The number of anilines is 2. The van der Waals surface area contributed by atoms with Crippen LogP contribution in [0.5, 0.6) is 17.2 Å². The molecule has 4 aromatic rings. The minimum Gasteiger partial charge on any atom is -0.493 e. The highest BCUT2D eigenvalue weighted by Crippen LogP contribution is 2.39. The Balaban J connectivity index is 1.46. The molecule has 0 atom stereocenters. The number of aryl methyl sites for hydroxylation is 1. The number of nitrogens with zero attached hydrogens (tertiary/aromatic N) is 2. The Morgan fingerprint density at radius 1 is 0.792 bits per heavy atom. The summed E-state index contributed by atoms with van der Waals surface area (Å²) in [6.07, 6.45) is -0.751. The molecule has 0 spiro atoms. The van der Waals surface area contributed by atoms with Gasteiger partial charge in [-0.1, -0.05) is 36.4 Å². The average molecular weight is 651 g/mol. The summed E-state index contributed by atoms with van der Waals surface area (Å²) in [7, 11) is 4.30. The Kier molecular flexibility index (Phi) is 9.42. The third-order valence-electron chi connectivity index (χ3n) is 8.02. The van der Waals surface area contributed by atoms with E-state index < -0.39 is 17.5 Å². The molecule has 0 aliphatic heterocycles. The van der Waals surface area contributed by atoms with Crippen LogP contribution in [0.1, 0.15) is 58.2 Å². The van der Waals surface area contributed by atoms with Crippen molar-refractivity contribution >= 4 is 35.2 Å². The molecule has 0 heterocycles. The summed E-state index contributed by atoms with van der Waals surface area (Å²) in [5.41, 5.74) is 6.25. The summed E-state index contributed by atoms with van der Waals surface area (Å²) in [6, 6.07) is 22.1. The van der Waals surface area contributed by atoms with Crippen LogP contribution in [0.25, 0.3) is 11.1 Å². The van der Waals surface area contributed by atoms with Gasteiger partial charge in [0.15, 0.2) is 11.5 Å². The highest BCUT2D eigenvalue weighted by Gasteiger charge is 2.30. The Bertz CT molecular complexity index is 1920. The van der Waals surface area contributed by atoms with Crippen LogP contribution in [0.15, 0.2) is 77.8 Å². The molecule has 11 nitrogen and oxygen atoms in total. The van der Waals surface area contributed by atoms with Gasteiger partial charge in [-0.2, -0.15) is 0 Å². The monoisotopic (exact) mass is 650 g/mol. The van der Waals surface area contributed by atoms with Gasteiger partial charge in [-0.15, -0.1) is 4.99 Å². The van der Waals surface area contributed by atoms with Crippen molar-refractivity contribution in [1.29, 1.82) is 0 Å². The topological polar surface area (TPSA) is 139 Å². The number of hydrogen-bond acceptors (Lipinski definition) is 6. The predicted molar refractivity (Wildman–Crippen MR) is 185 cm³/mol. The first-order valence-electron chi connectivity index (χ1n) is 15.2. The molecule has 0 aromatic heterocycles. The van der Waals surface area contributed by atoms with Crippen molar-refractivity contribution in [3.8, 4) is 28.4 Å². The van der Waals surface area contributed by atoms with E-state index in [1.54, 1.807) is 17.0 Å². The molecule has 0 fully saturated rings. The smallest absolute Gasteiger partial charge is 0.434 e. The fraction of sp³-hybridized carbons (Fsp3) is 0.243. The van der Waals surface area contributed by atoms with Gasteiger partial charge < -0.3 is 29.5 Å². The van der Waals surface area contributed by atoms with Gasteiger partial charge in [0.2, 0.25) is 11.7 Å². The number of aliphatic imine (C=N–C) groups is 1. The summed E-state index contributed by atoms with van der Waals surface area (Å²) >= 11 is 0. The summed E-state index contributed by atoms with van der Waals surface area (Å²) < 4.78 is 16.1. The number of carbonyl (C=O) groups is 3. The zero-order valence-electron chi connectivity index (χ0n) is 27.9. The zero-order valence-corrected chi connectivity index (χ0v) is 27.9. The highest BCUT2D eigenvalue weighted by molar-refractivity contribution is 6.14. The van der Waals surface area contributed by atoms with Crippen molar-refractivity contribution in [2.45, 2.75) is 39.7 Å². The standard InChI is InChI=1S/C37H38N4O7/c1-21-12-14-26(20-29(21)38-33(42)23-13-15-28-24(17-23)16-22-10-8-9-11-27(22)28)41(37(2,3)4)35(40-36(44)45)39-34(43)25-18-30(46-5)32(48-7)31(19-25)47-6/h8-15,17-20H,16H2,1-7H3,(H,38,42)(H,44,45)(H,39,40,43). The van der Waals surface area contributed by atoms with Gasteiger partial charge in [-0.05, 0) is 98.3 Å². The molecule has 0 saturated heterocycles. The van der Waals surface area contributed by atoms with Crippen LogP contribution in [0.2, 0.25) is 0 Å². The van der Waals surface area contributed by atoms with Crippen LogP contribution in [0.4, 0.5) is 16.2 Å². The second-order valence-electron chi connectivity index (χ2n) is 12.3. The number of carbonyl (C=O) groups excluding carboxylic acids is 2. The fourth-order valence-corrected chi connectivity index (χ4v) is 5.80.